The highest BCUT2D eigenvalue weighted by Crippen LogP contribution is 2.34. The first-order valence-corrected chi connectivity index (χ1v) is 9.91. The normalized spacial score (nSPS) is 18.7. The van der Waals surface area contributed by atoms with Crippen molar-refractivity contribution in [2.24, 2.45) is 16.8 Å². The molecule has 146 valence electrons. The Kier molecular flexibility index (Phi) is 8.41. The highest BCUT2D eigenvalue weighted by atomic mass is 35.5. The molecule has 0 aliphatic carbocycles. The molecule has 1 saturated heterocycles. The minimum absolute atomic E-state index is 0. The second-order valence-corrected chi connectivity index (χ2v) is 8.71. The van der Waals surface area contributed by atoms with Crippen LogP contribution in [-0.4, -0.2) is 33.3 Å². The minimum atomic E-state index is -0.342. The Labute approximate surface area is 167 Å². The molecule has 1 aliphatic rings. The highest BCUT2D eigenvalue weighted by molar-refractivity contribution is 8.14. The lowest BCUT2D eigenvalue weighted by Gasteiger charge is -2.29. The van der Waals surface area contributed by atoms with E-state index in [0.29, 0.717) is 17.9 Å². The third-order valence-corrected chi connectivity index (χ3v) is 5.43. The van der Waals surface area contributed by atoms with Crippen LogP contribution in [-0.2, 0) is 0 Å². The molecule has 0 bridgehead atoms. The van der Waals surface area contributed by atoms with Gasteiger partial charge in [0.1, 0.15) is 0 Å². The molecule has 7 heteroatoms. The number of rotatable bonds is 6. The first-order valence-electron chi connectivity index (χ1n) is 8.92. The number of nitro benzene ring substituents is 1. The maximum absolute atomic E-state index is 11.0. The molecule has 0 aromatic heterocycles. The van der Waals surface area contributed by atoms with Crippen molar-refractivity contribution in [3.05, 3.63) is 33.4 Å². The Morgan fingerprint density at radius 2 is 1.81 bits per heavy atom. The predicted octanol–water partition coefficient (Wildman–Crippen LogP) is 5.74. The number of nitro groups is 1. The maximum atomic E-state index is 11.0. The number of aryl methyl sites for hydroxylation is 2. The van der Waals surface area contributed by atoms with Gasteiger partial charge in [-0.05, 0) is 43.2 Å². The van der Waals surface area contributed by atoms with E-state index in [1.165, 1.54) is 0 Å². The lowest BCUT2D eigenvalue weighted by atomic mass is 10.0. The fourth-order valence-corrected chi connectivity index (χ4v) is 4.47. The van der Waals surface area contributed by atoms with Gasteiger partial charge < -0.3 is 4.90 Å². The third kappa shape index (κ3) is 5.61. The predicted molar refractivity (Wildman–Crippen MR) is 114 cm³/mol. The van der Waals surface area contributed by atoms with Crippen molar-refractivity contribution in [3.63, 3.8) is 0 Å². The summed E-state index contributed by atoms with van der Waals surface area (Å²) >= 11 is 1.81. The number of hydrogen-bond acceptors (Lipinski definition) is 4. The summed E-state index contributed by atoms with van der Waals surface area (Å²) < 4.78 is 0. The quantitative estimate of drug-likeness (QED) is 0.452. The van der Waals surface area contributed by atoms with Gasteiger partial charge in [0.05, 0.1) is 10.6 Å². The topological polar surface area (TPSA) is 58.7 Å². The van der Waals surface area contributed by atoms with E-state index >= 15 is 0 Å². The first-order chi connectivity index (χ1) is 11.7. The van der Waals surface area contributed by atoms with Gasteiger partial charge in [-0.2, -0.15) is 0 Å². The van der Waals surface area contributed by atoms with Crippen molar-refractivity contribution in [2.45, 2.75) is 54.0 Å². The number of non-ortho nitro benzene ring substituents is 1. The van der Waals surface area contributed by atoms with E-state index in [2.05, 4.69) is 32.6 Å². The summed E-state index contributed by atoms with van der Waals surface area (Å²) in [6.07, 6.45) is 1.16. The van der Waals surface area contributed by atoms with Gasteiger partial charge in [-0.1, -0.05) is 39.5 Å². The standard InChI is InChI=1S/C19H29N3O2S.ClH/c1-12(2)7-17-11-25-19(21(17)10-13(3)4)20-18-14(5)8-16(22(23)24)9-15(18)6;/h8-9,12-13,17H,7,10-11H2,1-6H3;1H/t17-;/m0./s1. The smallest absolute Gasteiger partial charge is 0.270 e. The second kappa shape index (κ2) is 9.60. The van der Waals surface area contributed by atoms with Gasteiger partial charge >= 0.3 is 0 Å². The van der Waals surface area contributed by atoms with E-state index in [4.69, 9.17) is 4.99 Å². The Morgan fingerprint density at radius 3 is 2.27 bits per heavy atom. The highest BCUT2D eigenvalue weighted by Gasteiger charge is 2.31. The molecular formula is C19H30ClN3O2S. The molecule has 26 heavy (non-hydrogen) atoms. The van der Waals surface area contributed by atoms with Crippen LogP contribution in [0.1, 0.15) is 45.2 Å². The van der Waals surface area contributed by atoms with Gasteiger partial charge in [-0.15, -0.1) is 12.4 Å². The summed E-state index contributed by atoms with van der Waals surface area (Å²) in [5.74, 6) is 2.29. The van der Waals surface area contributed by atoms with Crippen LogP contribution in [0.5, 0.6) is 0 Å². The van der Waals surface area contributed by atoms with Gasteiger partial charge in [0.15, 0.2) is 5.17 Å². The van der Waals surface area contributed by atoms with Gasteiger partial charge in [-0.25, -0.2) is 4.99 Å². The molecule has 1 heterocycles. The number of halogens is 1. The SMILES string of the molecule is Cc1cc([N+](=O)[O-])cc(C)c1N=C1SC[C@H](CC(C)C)N1CC(C)C.Cl. The fraction of sp³-hybridized carbons (Fsp3) is 0.632. The van der Waals surface area contributed by atoms with Crippen LogP contribution in [0.25, 0.3) is 0 Å². The lowest BCUT2D eigenvalue weighted by molar-refractivity contribution is -0.384. The van der Waals surface area contributed by atoms with E-state index in [-0.39, 0.29) is 23.0 Å². The molecule has 0 saturated carbocycles. The molecule has 0 spiro atoms. The van der Waals surface area contributed by atoms with Crippen molar-refractivity contribution in [1.82, 2.24) is 4.90 Å². The molecule has 2 rings (SSSR count). The van der Waals surface area contributed by atoms with Crippen molar-refractivity contribution >= 4 is 40.7 Å². The largest absolute Gasteiger partial charge is 0.347 e. The zero-order valence-electron chi connectivity index (χ0n) is 16.5. The van der Waals surface area contributed by atoms with E-state index in [9.17, 15) is 10.1 Å². The molecule has 1 aliphatic heterocycles. The van der Waals surface area contributed by atoms with Crippen LogP contribution in [0.2, 0.25) is 0 Å². The molecule has 0 unspecified atom stereocenters. The first kappa shape index (κ1) is 22.8. The van der Waals surface area contributed by atoms with Gasteiger partial charge in [-0.3, -0.25) is 10.1 Å². The average molecular weight is 400 g/mol. The Balaban J connectivity index is 0.00000338. The summed E-state index contributed by atoms with van der Waals surface area (Å²) in [7, 11) is 0. The second-order valence-electron chi connectivity index (χ2n) is 7.72. The fourth-order valence-electron chi connectivity index (χ4n) is 3.27. The van der Waals surface area contributed by atoms with Crippen LogP contribution in [0.3, 0.4) is 0 Å². The number of thioether (sulfide) groups is 1. The molecule has 0 radical (unpaired) electrons. The van der Waals surface area contributed by atoms with Gasteiger partial charge in [0, 0.05) is 30.5 Å². The molecule has 5 nitrogen and oxygen atoms in total. The molecule has 1 atom stereocenters. The van der Waals surface area contributed by atoms with Crippen molar-refractivity contribution < 1.29 is 4.92 Å². The maximum Gasteiger partial charge on any atom is 0.270 e. The van der Waals surface area contributed by atoms with Crippen LogP contribution < -0.4 is 0 Å². The zero-order valence-corrected chi connectivity index (χ0v) is 18.1. The van der Waals surface area contributed by atoms with Crippen LogP contribution >= 0.6 is 24.2 Å². The molecule has 0 N–H and O–H groups in total. The molecule has 1 fully saturated rings. The number of benzene rings is 1. The molecule has 1 aromatic carbocycles. The summed E-state index contributed by atoms with van der Waals surface area (Å²) in [5.41, 5.74) is 2.72. The van der Waals surface area contributed by atoms with Crippen molar-refractivity contribution in [3.8, 4) is 0 Å². The number of hydrogen-bond donors (Lipinski definition) is 0. The van der Waals surface area contributed by atoms with Crippen LogP contribution in [0.15, 0.2) is 17.1 Å². The molecule has 0 amide bonds. The molecule has 1 aromatic rings. The number of amidine groups is 1. The van der Waals surface area contributed by atoms with E-state index in [1.807, 2.05) is 25.6 Å². The summed E-state index contributed by atoms with van der Waals surface area (Å²) in [6, 6.07) is 3.75. The van der Waals surface area contributed by atoms with E-state index in [0.717, 1.165) is 40.7 Å². The Morgan fingerprint density at radius 1 is 1.23 bits per heavy atom. The summed E-state index contributed by atoms with van der Waals surface area (Å²) in [4.78, 5) is 18.1. The Hall–Kier alpha value is -1.27. The Bertz CT molecular complexity index is 654. The van der Waals surface area contributed by atoms with Gasteiger partial charge in [0.25, 0.3) is 5.69 Å². The van der Waals surface area contributed by atoms with Crippen LogP contribution in [0.4, 0.5) is 11.4 Å². The molecular weight excluding hydrogens is 370 g/mol. The third-order valence-electron chi connectivity index (χ3n) is 4.29. The summed E-state index contributed by atoms with van der Waals surface area (Å²) in [5, 5.41) is 12.1. The van der Waals surface area contributed by atoms with E-state index < -0.39 is 0 Å². The van der Waals surface area contributed by atoms with Crippen molar-refractivity contribution in [1.29, 1.82) is 0 Å². The van der Waals surface area contributed by atoms with Gasteiger partial charge in [0.2, 0.25) is 0 Å². The number of nitrogens with zero attached hydrogens (tertiary/aromatic N) is 3. The minimum Gasteiger partial charge on any atom is -0.347 e. The average Bonchev–Trinajstić information content (AvgIpc) is 2.83. The zero-order chi connectivity index (χ0) is 18.7. The summed E-state index contributed by atoms with van der Waals surface area (Å²) in [6.45, 7) is 13.8. The number of aliphatic imine (C=N–C) groups is 1. The van der Waals surface area contributed by atoms with Crippen LogP contribution in [0, 0.1) is 35.8 Å². The monoisotopic (exact) mass is 399 g/mol. The van der Waals surface area contributed by atoms with E-state index in [1.54, 1.807) is 12.1 Å². The lowest BCUT2D eigenvalue weighted by Crippen LogP contribution is -2.37. The van der Waals surface area contributed by atoms with Crippen molar-refractivity contribution in [2.75, 3.05) is 12.3 Å².